The number of hydrogen-bond donors (Lipinski definition) is 2. The van der Waals surface area contributed by atoms with E-state index in [0.29, 0.717) is 3.97 Å². The quantitative estimate of drug-likeness (QED) is 0.186. The summed E-state index contributed by atoms with van der Waals surface area (Å²) < 4.78 is 31.3. The zero-order valence-electron chi connectivity index (χ0n) is 13.5. The fourth-order valence-electron chi connectivity index (χ4n) is 2.26. The second kappa shape index (κ2) is 7.23. The van der Waals surface area contributed by atoms with Gasteiger partial charge in [0, 0.05) is 6.20 Å². The van der Waals surface area contributed by atoms with Crippen LogP contribution in [0.2, 0.25) is 0 Å². The average molecular weight is 378 g/mol. The van der Waals surface area contributed by atoms with Gasteiger partial charge in [0.05, 0.1) is 35.0 Å². The van der Waals surface area contributed by atoms with Crippen molar-refractivity contribution < 1.29 is 33.1 Å². The van der Waals surface area contributed by atoms with Gasteiger partial charge in [-0.1, -0.05) is 29.9 Å². The Labute approximate surface area is 148 Å². The SMILES string of the molecule is C=C(OC)c1c(C(=O)C(=O)O)cn(S(=O)(=O)c2ccccc2)c1/C=N/O. The Morgan fingerprint density at radius 3 is 2.38 bits per heavy atom. The molecule has 9 nitrogen and oxygen atoms in total. The molecule has 0 aliphatic carbocycles. The molecule has 0 saturated heterocycles. The first-order valence-electron chi connectivity index (χ1n) is 7.00. The molecule has 26 heavy (non-hydrogen) atoms. The van der Waals surface area contributed by atoms with Crippen LogP contribution in [0.15, 0.2) is 53.2 Å². The molecule has 0 saturated carbocycles. The van der Waals surface area contributed by atoms with E-state index in [-0.39, 0.29) is 21.9 Å². The molecule has 0 aliphatic rings. The van der Waals surface area contributed by atoms with E-state index in [1.807, 2.05) is 0 Å². The first-order chi connectivity index (χ1) is 12.3. The van der Waals surface area contributed by atoms with E-state index >= 15 is 0 Å². The Hall–Kier alpha value is -3.40. The second-order valence-electron chi connectivity index (χ2n) is 4.92. The highest BCUT2D eigenvalue weighted by Crippen LogP contribution is 2.28. The lowest BCUT2D eigenvalue weighted by molar-refractivity contribution is -0.131. The summed E-state index contributed by atoms with van der Waals surface area (Å²) >= 11 is 0. The summed E-state index contributed by atoms with van der Waals surface area (Å²) in [6.45, 7) is 3.54. The molecule has 1 aromatic carbocycles. The van der Waals surface area contributed by atoms with Gasteiger partial charge in [0.15, 0.2) is 0 Å². The van der Waals surface area contributed by atoms with Crippen LogP contribution in [0.3, 0.4) is 0 Å². The first kappa shape index (κ1) is 18.9. The van der Waals surface area contributed by atoms with Gasteiger partial charge < -0.3 is 15.1 Å². The molecule has 0 unspecified atom stereocenters. The Morgan fingerprint density at radius 2 is 1.88 bits per heavy atom. The number of benzene rings is 1. The van der Waals surface area contributed by atoms with Crippen molar-refractivity contribution in [3.8, 4) is 0 Å². The molecule has 2 rings (SSSR count). The molecule has 2 aromatic rings. The van der Waals surface area contributed by atoms with Gasteiger partial charge in [-0.2, -0.15) is 0 Å². The number of aliphatic carboxylic acids is 1. The highest BCUT2D eigenvalue weighted by atomic mass is 32.2. The fraction of sp³-hybridized carbons (Fsp3) is 0.0625. The number of carbonyl (C=O) groups excluding carboxylic acids is 1. The van der Waals surface area contributed by atoms with Gasteiger partial charge in [-0.3, -0.25) is 4.79 Å². The number of carbonyl (C=O) groups is 2. The third-order valence-corrected chi connectivity index (χ3v) is 5.14. The van der Waals surface area contributed by atoms with E-state index in [0.717, 1.165) is 12.4 Å². The van der Waals surface area contributed by atoms with E-state index in [4.69, 9.17) is 15.1 Å². The third-order valence-electron chi connectivity index (χ3n) is 3.45. The van der Waals surface area contributed by atoms with Crippen molar-refractivity contribution in [2.45, 2.75) is 4.90 Å². The topological polar surface area (TPSA) is 135 Å². The van der Waals surface area contributed by atoms with Gasteiger partial charge in [-0.05, 0) is 12.1 Å². The number of methoxy groups -OCH3 is 1. The van der Waals surface area contributed by atoms with Crippen molar-refractivity contribution in [3.05, 3.63) is 59.9 Å². The number of hydrogen-bond acceptors (Lipinski definition) is 7. The molecular formula is C16H14N2O7S. The smallest absolute Gasteiger partial charge is 0.377 e. The van der Waals surface area contributed by atoms with E-state index in [9.17, 15) is 18.0 Å². The predicted molar refractivity (Wildman–Crippen MR) is 90.8 cm³/mol. The lowest BCUT2D eigenvalue weighted by Crippen LogP contribution is -2.15. The van der Waals surface area contributed by atoms with Gasteiger partial charge in [0.25, 0.3) is 15.8 Å². The van der Waals surface area contributed by atoms with Crippen LogP contribution < -0.4 is 0 Å². The lowest BCUT2D eigenvalue weighted by Gasteiger charge is -2.09. The summed E-state index contributed by atoms with van der Waals surface area (Å²) in [7, 11) is -3.01. The molecule has 1 aromatic heterocycles. The first-order valence-corrected chi connectivity index (χ1v) is 8.44. The number of carboxylic acid groups (broad SMARTS) is 1. The van der Waals surface area contributed by atoms with Crippen LogP contribution in [0.4, 0.5) is 0 Å². The van der Waals surface area contributed by atoms with Crippen LogP contribution >= 0.6 is 0 Å². The molecule has 0 spiro atoms. The van der Waals surface area contributed by atoms with Crippen LogP contribution in [0.5, 0.6) is 0 Å². The summed E-state index contributed by atoms with van der Waals surface area (Å²) in [4.78, 5) is 23.0. The molecule has 10 heteroatoms. The summed E-state index contributed by atoms with van der Waals surface area (Å²) in [5.74, 6) is -3.34. The molecule has 0 radical (unpaired) electrons. The second-order valence-corrected chi connectivity index (χ2v) is 6.74. The van der Waals surface area contributed by atoms with Crippen molar-refractivity contribution >= 4 is 33.7 Å². The number of ketones is 1. The van der Waals surface area contributed by atoms with Crippen LogP contribution in [0.25, 0.3) is 5.76 Å². The standard InChI is InChI=1S/C16H14N2O7S/c1-10(25-2)14-12(15(19)16(20)21)9-18(13(14)8-17-22)26(23,24)11-6-4-3-5-7-11/h3-9,22H,1H2,2H3,(H,20,21)/b17-8+. The minimum atomic E-state index is -4.22. The molecule has 0 amide bonds. The Balaban J connectivity index is 2.88. The van der Waals surface area contributed by atoms with Gasteiger partial charge in [0.2, 0.25) is 0 Å². The van der Waals surface area contributed by atoms with Crippen molar-refractivity contribution in [1.82, 2.24) is 3.97 Å². The minimum absolute atomic E-state index is 0.119. The van der Waals surface area contributed by atoms with Crippen molar-refractivity contribution in [2.24, 2.45) is 5.16 Å². The summed E-state index contributed by atoms with van der Waals surface area (Å²) in [6.07, 6.45) is 1.58. The number of nitrogens with zero attached hydrogens (tertiary/aromatic N) is 2. The fourth-order valence-corrected chi connectivity index (χ4v) is 3.63. The Morgan fingerprint density at radius 1 is 1.27 bits per heavy atom. The minimum Gasteiger partial charge on any atom is -0.497 e. The number of rotatable bonds is 7. The zero-order chi connectivity index (χ0) is 19.5. The van der Waals surface area contributed by atoms with Gasteiger partial charge >= 0.3 is 5.97 Å². The summed E-state index contributed by atoms with van der Waals surface area (Å²) in [5.41, 5.74) is -0.969. The molecular weight excluding hydrogens is 364 g/mol. The van der Waals surface area contributed by atoms with Crippen LogP contribution in [-0.4, -0.2) is 47.8 Å². The summed E-state index contributed by atoms with van der Waals surface area (Å²) in [5, 5.41) is 20.7. The van der Waals surface area contributed by atoms with Crippen LogP contribution in [-0.2, 0) is 19.6 Å². The van der Waals surface area contributed by atoms with E-state index in [2.05, 4.69) is 11.7 Å². The number of Topliss-reactive ketones (excluding diaryl/α,β-unsaturated/α-hetero) is 1. The average Bonchev–Trinajstić information content (AvgIpc) is 3.01. The van der Waals surface area contributed by atoms with Crippen LogP contribution in [0.1, 0.15) is 21.6 Å². The van der Waals surface area contributed by atoms with Gasteiger partial charge in [-0.15, -0.1) is 0 Å². The van der Waals surface area contributed by atoms with Gasteiger partial charge in [0.1, 0.15) is 5.76 Å². The molecule has 0 bridgehead atoms. The monoisotopic (exact) mass is 378 g/mol. The van der Waals surface area contributed by atoms with Crippen molar-refractivity contribution in [1.29, 1.82) is 0 Å². The van der Waals surface area contributed by atoms with Crippen molar-refractivity contribution in [3.63, 3.8) is 0 Å². The maximum atomic E-state index is 12.9. The zero-order valence-corrected chi connectivity index (χ0v) is 14.3. The Kier molecular flexibility index (Phi) is 5.27. The number of carboxylic acids is 1. The van der Waals surface area contributed by atoms with E-state index < -0.39 is 27.3 Å². The predicted octanol–water partition coefficient (Wildman–Crippen LogP) is 1.42. The largest absolute Gasteiger partial charge is 0.497 e. The van der Waals surface area contributed by atoms with E-state index in [1.165, 1.54) is 31.4 Å². The molecule has 1 heterocycles. The normalized spacial score (nSPS) is 11.4. The van der Waals surface area contributed by atoms with E-state index in [1.54, 1.807) is 6.07 Å². The maximum Gasteiger partial charge on any atom is 0.377 e. The Bertz CT molecular complexity index is 1000. The summed E-state index contributed by atoms with van der Waals surface area (Å²) in [6, 6.07) is 7.24. The molecule has 2 N–H and O–H groups in total. The molecule has 136 valence electrons. The molecule has 0 fully saturated rings. The van der Waals surface area contributed by atoms with Crippen molar-refractivity contribution in [2.75, 3.05) is 7.11 Å². The van der Waals surface area contributed by atoms with Crippen LogP contribution in [0, 0.1) is 0 Å². The molecule has 0 atom stereocenters. The third kappa shape index (κ3) is 3.22. The number of ether oxygens (including phenoxy) is 1. The highest BCUT2D eigenvalue weighted by molar-refractivity contribution is 7.90. The number of aromatic nitrogens is 1. The van der Waals surface area contributed by atoms with Gasteiger partial charge in [-0.25, -0.2) is 17.2 Å². The lowest BCUT2D eigenvalue weighted by atomic mass is 10.1. The number of oxime groups is 1. The molecule has 0 aliphatic heterocycles. The maximum absolute atomic E-state index is 12.9. The highest BCUT2D eigenvalue weighted by Gasteiger charge is 2.31.